The minimum atomic E-state index is 0.986. The lowest BCUT2D eigenvalue weighted by molar-refractivity contribution is 1.33. The molecule has 0 radical (unpaired) electrons. The quantitative estimate of drug-likeness (QED) is 0.114. The Kier molecular flexibility index (Phi) is 20.6. The van der Waals surface area contributed by atoms with Crippen molar-refractivity contribution in [3.05, 3.63) is 492 Å². The summed E-state index contributed by atoms with van der Waals surface area (Å²) in [5.41, 5.74) is 28.3. The summed E-state index contributed by atoms with van der Waals surface area (Å²) in [4.78, 5) is 15.2. The fourth-order valence-electron chi connectivity index (χ4n) is 20.5. The third-order valence-corrected chi connectivity index (χ3v) is 30.2. The van der Waals surface area contributed by atoms with Crippen molar-refractivity contribution in [2.75, 3.05) is 0 Å². The van der Waals surface area contributed by atoms with Gasteiger partial charge in [-0.05, 0) is 209 Å². The molecule has 27 aromatic rings. The van der Waals surface area contributed by atoms with E-state index >= 15 is 0 Å². The maximum Gasteiger partial charge on any atom is 0.0709 e. The van der Waals surface area contributed by atoms with E-state index in [0.29, 0.717) is 0 Å². The van der Waals surface area contributed by atoms with Crippen LogP contribution in [-0.4, -0.2) is 15.0 Å². The summed E-state index contributed by atoms with van der Waals surface area (Å²) in [5, 5.41) is 22.7. The number of aromatic nitrogens is 3. The third-order valence-electron chi connectivity index (χ3n) is 26.8. The van der Waals surface area contributed by atoms with Crippen molar-refractivity contribution in [1.29, 1.82) is 0 Å². The summed E-state index contributed by atoms with van der Waals surface area (Å²) in [6, 6.07) is 171. The summed E-state index contributed by atoms with van der Waals surface area (Å²) in [7, 11) is 0. The average molecular weight is 1770 g/mol. The molecule has 630 valence electrons. The first-order valence-corrected chi connectivity index (χ1v) is 48.3. The standard InChI is InChI=1S/3C43H27NS/c1-2-11-28(12-3-1)29-21-23-30(24-22-29)41-32-13-4-6-15-34(32)42(35-16-7-5-14-33(35)41)31-25-26-38(44-27-31)36-18-10-20-40-43(36)37-17-8-9-19-39(37)45-40;1-2-10-28(11-3-1)29-18-20-30(21-19-29)42-34-13-4-6-15-36(34)43(37-16-7-5-14-35(37)42)32-22-24-39(44-27-32)31-23-25-41-38(26-31)33-12-8-9-17-40(33)45-41;1-2-10-28(11-3-1)29-18-20-30(21-19-29)42-35-13-4-6-15-37(35)43(38-16-7-5-14-36(38)42)32-23-25-39(44-27-32)31-22-24-34-33-12-8-9-17-40(33)45-41(34)26-31/h3*1-27H. The predicted octanol–water partition coefficient (Wildman–Crippen LogP) is 37.3. The zero-order chi connectivity index (χ0) is 89.2. The fraction of sp³-hybridized carbons (Fsp3) is 0. The molecule has 6 heterocycles. The van der Waals surface area contributed by atoms with Gasteiger partial charge in [0.25, 0.3) is 0 Å². The monoisotopic (exact) mass is 1770 g/mol. The van der Waals surface area contributed by atoms with E-state index in [1.54, 1.807) is 0 Å². The number of rotatable bonds is 12. The second-order valence-electron chi connectivity index (χ2n) is 34.5. The van der Waals surface area contributed by atoms with Crippen LogP contribution in [0.5, 0.6) is 0 Å². The lowest BCUT2D eigenvalue weighted by Crippen LogP contribution is -1.92. The molecule has 0 bridgehead atoms. The zero-order valence-electron chi connectivity index (χ0n) is 73.3. The van der Waals surface area contributed by atoms with Gasteiger partial charge in [0, 0.05) is 112 Å². The van der Waals surface area contributed by atoms with Gasteiger partial charge in [-0.3, -0.25) is 15.0 Å². The highest BCUT2D eigenvalue weighted by Gasteiger charge is 2.24. The molecule has 0 saturated heterocycles. The summed E-state index contributed by atoms with van der Waals surface area (Å²) in [5.74, 6) is 0. The van der Waals surface area contributed by atoms with E-state index in [2.05, 4.69) is 479 Å². The number of benzene rings is 21. The van der Waals surface area contributed by atoms with Crippen LogP contribution in [0.1, 0.15) is 0 Å². The van der Waals surface area contributed by atoms with Crippen molar-refractivity contribution in [1.82, 2.24) is 15.0 Å². The van der Waals surface area contributed by atoms with Gasteiger partial charge >= 0.3 is 0 Å². The zero-order valence-corrected chi connectivity index (χ0v) is 75.8. The topological polar surface area (TPSA) is 38.7 Å². The maximum atomic E-state index is 5.10. The van der Waals surface area contributed by atoms with Crippen LogP contribution in [0.25, 0.3) is 259 Å². The summed E-state index contributed by atoms with van der Waals surface area (Å²) in [6.07, 6.45) is 6.16. The first kappa shape index (κ1) is 80.4. The molecule has 21 aromatic carbocycles. The Labute approximate surface area is 793 Å². The second-order valence-corrected chi connectivity index (χ2v) is 37.8. The average Bonchev–Trinajstić information content (AvgIpc) is 1.65. The van der Waals surface area contributed by atoms with Crippen molar-refractivity contribution in [2.45, 2.75) is 0 Å². The summed E-state index contributed by atoms with van der Waals surface area (Å²) >= 11 is 5.54. The van der Waals surface area contributed by atoms with Gasteiger partial charge in [0.05, 0.1) is 17.1 Å². The normalized spacial score (nSPS) is 11.6. The first-order valence-electron chi connectivity index (χ1n) is 45.9. The first-order chi connectivity index (χ1) is 67.0. The molecule has 0 saturated carbocycles. The van der Waals surface area contributed by atoms with E-state index in [4.69, 9.17) is 15.0 Å². The minimum Gasteiger partial charge on any atom is -0.256 e. The minimum absolute atomic E-state index is 0.986. The van der Waals surface area contributed by atoms with E-state index in [-0.39, 0.29) is 0 Å². The van der Waals surface area contributed by atoms with Crippen LogP contribution in [0.3, 0.4) is 0 Å². The number of thiophene rings is 3. The molecular formula is C129H81N3S3. The van der Waals surface area contributed by atoms with Crippen molar-refractivity contribution < 1.29 is 0 Å². The smallest absolute Gasteiger partial charge is 0.0709 e. The number of hydrogen-bond donors (Lipinski definition) is 0. The molecule has 0 fully saturated rings. The van der Waals surface area contributed by atoms with Crippen molar-refractivity contribution in [2.24, 2.45) is 0 Å². The number of fused-ring (bicyclic) bond motifs is 15. The Hall–Kier alpha value is -16.7. The largest absolute Gasteiger partial charge is 0.256 e. The lowest BCUT2D eigenvalue weighted by Gasteiger charge is -2.18. The molecule has 3 nitrogen and oxygen atoms in total. The highest BCUT2D eigenvalue weighted by molar-refractivity contribution is 7.26. The Balaban J connectivity index is 0.000000108. The van der Waals surface area contributed by atoms with E-state index in [9.17, 15) is 0 Å². The molecule has 0 atom stereocenters. The number of pyridine rings is 3. The van der Waals surface area contributed by atoms with Gasteiger partial charge in [0.2, 0.25) is 0 Å². The van der Waals surface area contributed by atoms with Crippen LogP contribution in [0.4, 0.5) is 0 Å². The highest BCUT2D eigenvalue weighted by Crippen LogP contribution is 2.51. The van der Waals surface area contributed by atoms with E-state index in [1.165, 1.54) is 214 Å². The summed E-state index contributed by atoms with van der Waals surface area (Å²) in [6.45, 7) is 0. The molecule has 0 amide bonds. The molecular weight excluding hydrogens is 1690 g/mol. The number of nitrogens with zero attached hydrogens (tertiary/aromatic N) is 3. The van der Waals surface area contributed by atoms with Crippen molar-refractivity contribution >= 4 is 159 Å². The van der Waals surface area contributed by atoms with Crippen LogP contribution < -0.4 is 0 Å². The van der Waals surface area contributed by atoms with Crippen LogP contribution >= 0.6 is 34.0 Å². The molecule has 27 rings (SSSR count). The predicted molar refractivity (Wildman–Crippen MR) is 582 cm³/mol. The van der Waals surface area contributed by atoms with E-state index in [0.717, 1.165) is 44.9 Å². The third kappa shape index (κ3) is 14.6. The molecule has 6 aromatic heterocycles. The molecule has 0 N–H and O–H groups in total. The molecule has 0 aliphatic heterocycles. The summed E-state index contributed by atoms with van der Waals surface area (Å²) < 4.78 is 7.85. The molecule has 0 aliphatic rings. The van der Waals surface area contributed by atoms with Gasteiger partial charge < -0.3 is 0 Å². The Morgan fingerprint density at radius 3 is 0.726 bits per heavy atom. The van der Waals surface area contributed by atoms with E-state index < -0.39 is 0 Å². The van der Waals surface area contributed by atoms with Crippen LogP contribution in [0.2, 0.25) is 0 Å². The molecule has 6 heteroatoms. The molecule has 135 heavy (non-hydrogen) atoms. The fourth-order valence-corrected chi connectivity index (χ4v) is 23.9. The SMILES string of the molecule is c1ccc(-c2ccc(-c3c4ccccc4c(-c4ccc(-c5ccc6c(c5)sc5ccccc56)nc4)c4ccccc34)cc2)cc1.c1ccc(-c2ccc(-c3c4ccccc4c(-c4ccc(-c5ccc6sc7ccccc7c6c5)nc4)c4ccccc34)cc2)cc1.c1ccc(-c2ccc(-c3c4ccccc4c(-c4ccc(-c5cccc6sc7ccccc7c56)nc4)c4ccccc34)cc2)cc1. The lowest BCUT2D eigenvalue weighted by atomic mass is 9.86. The van der Waals surface area contributed by atoms with Gasteiger partial charge in [-0.2, -0.15) is 0 Å². The van der Waals surface area contributed by atoms with Gasteiger partial charge in [-0.1, -0.05) is 413 Å². The number of hydrogen-bond acceptors (Lipinski definition) is 6. The second kappa shape index (κ2) is 34.5. The molecule has 0 spiro atoms. The Morgan fingerprint density at radius 2 is 0.363 bits per heavy atom. The van der Waals surface area contributed by atoms with Crippen molar-refractivity contribution in [3.8, 4) is 134 Å². The molecule has 0 unspecified atom stereocenters. The van der Waals surface area contributed by atoms with Crippen LogP contribution in [0, 0.1) is 0 Å². The van der Waals surface area contributed by atoms with E-state index in [1.807, 2.05) is 46.4 Å². The van der Waals surface area contributed by atoms with Crippen LogP contribution in [0.15, 0.2) is 492 Å². The molecule has 0 aliphatic carbocycles. The van der Waals surface area contributed by atoms with Gasteiger partial charge in [-0.25, -0.2) is 0 Å². The maximum absolute atomic E-state index is 5.10. The van der Waals surface area contributed by atoms with Gasteiger partial charge in [-0.15, -0.1) is 34.0 Å². The van der Waals surface area contributed by atoms with Crippen molar-refractivity contribution in [3.63, 3.8) is 0 Å². The van der Waals surface area contributed by atoms with Gasteiger partial charge in [0.15, 0.2) is 0 Å². The Morgan fingerprint density at radius 1 is 0.126 bits per heavy atom. The highest BCUT2D eigenvalue weighted by atomic mass is 32.1. The van der Waals surface area contributed by atoms with Crippen LogP contribution in [-0.2, 0) is 0 Å². The van der Waals surface area contributed by atoms with Gasteiger partial charge in [0.1, 0.15) is 0 Å². The Bertz CT molecular complexity index is 9040.